The van der Waals surface area contributed by atoms with Gasteiger partial charge in [0.2, 0.25) is 0 Å². The molecular weight excluding hydrogens is 252 g/mol. The van der Waals surface area contributed by atoms with Crippen LogP contribution in [0.25, 0.3) is 6.08 Å². The number of hydrogen-bond acceptors (Lipinski definition) is 3. The summed E-state index contributed by atoms with van der Waals surface area (Å²) in [5.41, 5.74) is 8.37. The molecule has 0 saturated heterocycles. The van der Waals surface area contributed by atoms with Crippen molar-refractivity contribution in [1.29, 1.82) is 0 Å². The predicted molar refractivity (Wildman–Crippen MR) is 81.4 cm³/mol. The SMILES string of the molecule is Nc1ccc(C(=O)Nc2cccc(/C=C/CO)c2)cc1. The maximum atomic E-state index is 12.0. The molecule has 0 atom stereocenters. The van der Waals surface area contributed by atoms with Gasteiger partial charge in [0.15, 0.2) is 0 Å². The first-order valence-corrected chi connectivity index (χ1v) is 6.23. The molecule has 20 heavy (non-hydrogen) atoms. The molecule has 0 spiro atoms. The van der Waals surface area contributed by atoms with E-state index in [1.165, 1.54) is 0 Å². The average molecular weight is 268 g/mol. The van der Waals surface area contributed by atoms with Gasteiger partial charge in [0.1, 0.15) is 0 Å². The van der Waals surface area contributed by atoms with Crippen LogP contribution in [0.4, 0.5) is 11.4 Å². The van der Waals surface area contributed by atoms with Crippen molar-refractivity contribution in [3.8, 4) is 0 Å². The normalized spacial score (nSPS) is 10.7. The van der Waals surface area contributed by atoms with Gasteiger partial charge in [-0.25, -0.2) is 0 Å². The lowest BCUT2D eigenvalue weighted by molar-refractivity contribution is 0.102. The Morgan fingerprint density at radius 3 is 2.65 bits per heavy atom. The van der Waals surface area contributed by atoms with Crippen molar-refractivity contribution in [2.75, 3.05) is 17.7 Å². The third-order valence-corrected chi connectivity index (χ3v) is 2.73. The van der Waals surface area contributed by atoms with Gasteiger partial charge in [-0.05, 0) is 42.0 Å². The lowest BCUT2D eigenvalue weighted by Gasteiger charge is -2.06. The summed E-state index contributed by atoms with van der Waals surface area (Å²) < 4.78 is 0. The lowest BCUT2D eigenvalue weighted by atomic mass is 10.1. The Morgan fingerprint density at radius 1 is 1.20 bits per heavy atom. The van der Waals surface area contributed by atoms with E-state index in [9.17, 15) is 4.79 Å². The molecule has 0 bridgehead atoms. The number of hydrogen-bond donors (Lipinski definition) is 3. The van der Waals surface area contributed by atoms with Gasteiger partial charge in [0.25, 0.3) is 5.91 Å². The molecule has 2 rings (SSSR count). The van der Waals surface area contributed by atoms with Crippen molar-refractivity contribution in [3.63, 3.8) is 0 Å². The Bertz CT molecular complexity index is 619. The maximum absolute atomic E-state index is 12.0. The van der Waals surface area contributed by atoms with E-state index in [0.29, 0.717) is 16.9 Å². The number of nitrogen functional groups attached to an aromatic ring is 1. The molecule has 2 aromatic rings. The zero-order valence-corrected chi connectivity index (χ0v) is 10.9. The highest BCUT2D eigenvalue weighted by molar-refractivity contribution is 6.04. The molecule has 0 aliphatic carbocycles. The number of aliphatic hydroxyl groups is 1. The molecule has 2 aromatic carbocycles. The Hall–Kier alpha value is -2.59. The van der Waals surface area contributed by atoms with Crippen LogP contribution in [0.15, 0.2) is 54.6 Å². The van der Waals surface area contributed by atoms with Crippen LogP contribution in [0.1, 0.15) is 15.9 Å². The minimum absolute atomic E-state index is 0.0119. The molecule has 0 aromatic heterocycles. The van der Waals surface area contributed by atoms with Crippen molar-refractivity contribution >= 4 is 23.4 Å². The van der Waals surface area contributed by atoms with Crippen LogP contribution < -0.4 is 11.1 Å². The minimum atomic E-state index is -0.187. The molecule has 1 amide bonds. The molecule has 0 fully saturated rings. The Labute approximate surface area is 117 Å². The van der Waals surface area contributed by atoms with Gasteiger partial charge in [0.05, 0.1) is 6.61 Å². The Kier molecular flexibility index (Phi) is 4.52. The second kappa shape index (κ2) is 6.54. The summed E-state index contributed by atoms with van der Waals surface area (Å²) in [6, 6.07) is 14.1. The van der Waals surface area contributed by atoms with Crippen molar-refractivity contribution in [1.82, 2.24) is 0 Å². The standard InChI is InChI=1S/C16H16N2O2/c17-14-8-6-13(7-9-14)16(20)18-15-5-1-3-12(11-15)4-2-10-19/h1-9,11,19H,10,17H2,(H,18,20)/b4-2+. The number of rotatable bonds is 4. The molecule has 102 valence electrons. The van der Waals surface area contributed by atoms with Crippen LogP contribution in [-0.2, 0) is 0 Å². The number of amides is 1. The molecule has 0 saturated carbocycles. The topological polar surface area (TPSA) is 75.4 Å². The molecule has 0 aliphatic heterocycles. The minimum Gasteiger partial charge on any atom is -0.399 e. The van der Waals surface area contributed by atoms with E-state index in [4.69, 9.17) is 10.8 Å². The van der Waals surface area contributed by atoms with E-state index < -0.39 is 0 Å². The molecule has 0 unspecified atom stereocenters. The van der Waals surface area contributed by atoms with Gasteiger partial charge in [-0.15, -0.1) is 0 Å². The number of nitrogens with two attached hydrogens (primary N) is 1. The smallest absolute Gasteiger partial charge is 0.255 e. The van der Waals surface area contributed by atoms with Crippen LogP contribution in [0.3, 0.4) is 0 Å². The lowest BCUT2D eigenvalue weighted by Crippen LogP contribution is -2.11. The van der Waals surface area contributed by atoms with E-state index in [-0.39, 0.29) is 12.5 Å². The summed E-state index contributed by atoms with van der Waals surface area (Å²) >= 11 is 0. The van der Waals surface area contributed by atoms with Crippen LogP contribution in [0, 0.1) is 0 Å². The zero-order chi connectivity index (χ0) is 14.4. The number of nitrogens with one attached hydrogen (secondary N) is 1. The third kappa shape index (κ3) is 3.70. The van der Waals surface area contributed by atoms with Gasteiger partial charge in [-0.3, -0.25) is 4.79 Å². The summed E-state index contributed by atoms with van der Waals surface area (Å²) in [4.78, 5) is 12.0. The summed E-state index contributed by atoms with van der Waals surface area (Å²) in [5.74, 6) is -0.187. The van der Waals surface area contributed by atoms with Gasteiger partial charge < -0.3 is 16.2 Å². The van der Waals surface area contributed by atoms with Crippen LogP contribution in [0.5, 0.6) is 0 Å². The number of carbonyl (C=O) groups excluding carboxylic acids is 1. The Balaban J connectivity index is 2.11. The van der Waals surface area contributed by atoms with Crippen LogP contribution in [0.2, 0.25) is 0 Å². The fourth-order valence-corrected chi connectivity index (χ4v) is 1.75. The van der Waals surface area contributed by atoms with E-state index >= 15 is 0 Å². The second-order valence-electron chi connectivity index (χ2n) is 4.29. The molecule has 0 radical (unpaired) electrons. The molecule has 0 heterocycles. The van der Waals surface area contributed by atoms with Crippen molar-refractivity contribution in [2.24, 2.45) is 0 Å². The fourth-order valence-electron chi connectivity index (χ4n) is 1.75. The third-order valence-electron chi connectivity index (χ3n) is 2.73. The predicted octanol–water partition coefficient (Wildman–Crippen LogP) is 2.53. The molecule has 4 nitrogen and oxygen atoms in total. The number of anilines is 2. The first-order valence-electron chi connectivity index (χ1n) is 6.23. The zero-order valence-electron chi connectivity index (χ0n) is 10.9. The molecule has 4 N–H and O–H groups in total. The van der Waals surface area contributed by atoms with Gasteiger partial charge in [0, 0.05) is 16.9 Å². The molecule has 0 aliphatic rings. The largest absolute Gasteiger partial charge is 0.399 e. The summed E-state index contributed by atoms with van der Waals surface area (Å²) in [5, 5.41) is 11.6. The van der Waals surface area contributed by atoms with Crippen molar-refractivity contribution in [2.45, 2.75) is 0 Å². The monoisotopic (exact) mass is 268 g/mol. The Morgan fingerprint density at radius 2 is 1.95 bits per heavy atom. The highest BCUT2D eigenvalue weighted by Gasteiger charge is 2.05. The van der Waals surface area contributed by atoms with Crippen molar-refractivity contribution in [3.05, 3.63) is 65.7 Å². The first-order chi connectivity index (χ1) is 9.69. The average Bonchev–Trinajstić information content (AvgIpc) is 2.46. The summed E-state index contributed by atoms with van der Waals surface area (Å²) in [6.07, 6.45) is 3.43. The van der Waals surface area contributed by atoms with Gasteiger partial charge in [-0.1, -0.05) is 24.3 Å². The van der Waals surface area contributed by atoms with Crippen LogP contribution in [-0.4, -0.2) is 17.6 Å². The summed E-state index contributed by atoms with van der Waals surface area (Å²) in [6.45, 7) is -0.0119. The van der Waals surface area contributed by atoms with Gasteiger partial charge in [-0.2, -0.15) is 0 Å². The van der Waals surface area contributed by atoms with E-state index in [1.54, 1.807) is 36.4 Å². The fraction of sp³-hybridized carbons (Fsp3) is 0.0625. The number of carbonyl (C=O) groups is 1. The van der Waals surface area contributed by atoms with E-state index in [0.717, 1.165) is 5.56 Å². The van der Waals surface area contributed by atoms with E-state index in [1.807, 2.05) is 24.3 Å². The maximum Gasteiger partial charge on any atom is 0.255 e. The highest BCUT2D eigenvalue weighted by Crippen LogP contribution is 2.14. The number of aliphatic hydroxyl groups excluding tert-OH is 1. The first kappa shape index (κ1) is 13.8. The second-order valence-corrected chi connectivity index (χ2v) is 4.29. The van der Waals surface area contributed by atoms with Crippen molar-refractivity contribution < 1.29 is 9.90 Å². The van der Waals surface area contributed by atoms with E-state index in [2.05, 4.69) is 5.32 Å². The van der Waals surface area contributed by atoms with Gasteiger partial charge >= 0.3 is 0 Å². The number of benzene rings is 2. The summed E-state index contributed by atoms with van der Waals surface area (Å²) in [7, 11) is 0. The highest BCUT2D eigenvalue weighted by atomic mass is 16.2. The molecule has 4 heteroatoms. The van der Waals surface area contributed by atoms with Crippen LogP contribution >= 0.6 is 0 Å². The quantitative estimate of drug-likeness (QED) is 0.746. The molecular formula is C16H16N2O2.